The van der Waals surface area contributed by atoms with Crippen LogP contribution in [-0.4, -0.2) is 11.6 Å². The van der Waals surface area contributed by atoms with Crippen LogP contribution in [0.25, 0.3) is 0 Å². The first-order valence-electron chi connectivity index (χ1n) is 2.18. The Hall–Kier alpha value is -0.141. The summed E-state index contributed by atoms with van der Waals surface area (Å²) in [5.41, 5.74) is 0. The molecule has 2 nitrogen and oxygen atoms in total. The van der Waals surface area contributed by atoms with Crippen LogP contribution in [0, 0.1) is 0 Å². The molecule has 0 aromatic heterocycles. The number of carbonyl (C=O) groups is 2. The summed E-state index contributed by atoms with van der Waals surface area (Å²) in [6, 6.07) is 0. The van der Waals surface area contributed by atoms with Crippen molar-refractivity contribution in [2.75, 3.05) is 0 Å². The Morgan fingerprint density at radius 2 is 2.00 bits per heavy atom. The maximum atomic E-state index is 10.3. The molecule has 0 fully saturated rings. The number of rotatable bonds is 3. The monoisotopic (exact) mass is 162 g/mol. The Labute approximate surface area is 56.5 Å². The van der Waals surface area contributed by atoms with Gasteiger partial charge in [-0.25, -0.2) is 0 Å². The molecule has 0 aliphatic rings. The summed E-state index contributed by atoms with van der Waals surface area (Å²) in [6.07, 6.45) is -0.00174. The molecule has 0 aromatic rings. The van der Waals surface area contributed by atoms with Crippen LogP contribution in [0.4, 0.5) is 0 Å². The molecule has 50 valence electrons. The van der Waals surface area contributed by atoms with E-state index in [4.69, 9.17) is 0 Å². The molecular formula is C5H7CuO2. The van der Waals surface area contributed by atoms with Gasteiger partial charge in [0.25, 0.3) is 0 Å². The Bertz CT molecular complexity index is 109. The third-order valence-electron chi connectivity index (χ3n) is 0.565. The van der Waals surface area contributed by atoms with Crippen LogP contribution in [0.15, 0.2) is 0 Å². The molecule has 3 heteroatoms. The predicted octanol–water partition coefficient (Wildman–Crippen LogP) is 0.500. The third kappa shape index (κ3) is 4.03. The molecule has 0 aliphatic carbocycles. The van der Waals surface area contributed by atoms with Gasteiger partial charge in [0, 0.05) is 0 Å². The van der Waals surface area contributed by atoms with E-state index in [1.54, 1.807) is 0 Å². The number of hydrogen-bond donors (Lipinski definition) is 0. The fourth-order valence-electron chi connectivity index (χ4n) is 0.315. The van der Waals surface area contributed by atoms with Crippen molar-refractivity contribution in [2.45, 2.75) is 18.7 Å². The normalized spacial score (nSPS) is 8.88. The Kier molecular flexibility index (Phi) is 3.75. The van der Waals surface area contributed by atoms with Crippen LogP contribution in [-0.2, 0) is 25.6 Å². The van der Waals surface area contributed by atoms with Gasteiger partial charge in [0.1, 0.15) is 0 Å². The minimum atomic E-state index is -0.169. The van der Waals surface area contributed by atoms with E-state index < -0.39 is 0 Å². The van der Waals surface area contributed by atoms with Crippen molar-refractivity contribution in [3.63, 3.8) is 0 Å². The van der Waals surface area contributed by atoms with E-state index in [0.29, 0.717) is 0 Å². The van der Waals surface area contributed by atoms with Crippen LogP contribution in [0.3, 0.4) is 0 Å². The molecule has 0 spiro atoms. The second kappa shape index (κ2) is 3.81. The average molecular weight is 163 g/mol. The van der Waals surface area contributed by atoms with Gasteiger partial charge in [0.05, 0.1) is 0 Å². The summed E-state index contributed by atoms with van der Waals surface area (Å²) in [7, 11) is 0. The van der Waals surface area contributed by atoms with Gasteiger partial charge in [0.15, 0.2) is 0 Å². The van der Waals surface area contributed by atoms with Gasteiger partial charge in [-0.15, -0.1) is 0 Å². The first kappa shape index (κ1) is 7.86. The zero-order chi connectivity index (χ0) is 6.57. The van der Waals surface area contributed by atoms with E-state index in [0.717, 1.165) is 0 Å². The summed E-state index contributed by atoms with van der Waals surface area (Å²) < 4.78 is 0. The number of Topliss-reactive ketones (excluding diaryl/α,β-unsaturated/α-hetero) is 2. The van der Waals surface area contributed by atoms with E-state index in [1.807, 2.05) is 0 Å². The van der Waals surface area contributed by atoms with Crippen molar-refractivity contribution < 1.29 is 25.6 Å². The second-order valence-corrected chi connectivity index (χ2v) is 1.86. The van der Waals surface area contributed by atoms with E-state index in [9.17, 15) is 9.59 Å². The fourth-order valence-corrected chi connectivity index (χ4v) is 0.433. The van der Waals surface area contributed by atoms with Gasteiger partial charge < -0.3 is 0 Å². The molecule has 0 N–H and O–H groups in total. The molecule has 0 saturated heterocycles. The second-order valence-electron chi connectivity index (χ2n) is 1.52. The van der Waals surface area contributed by atoms with Crippen molar-refractivity contribution in [3.05, 3.63) is 0 Å². The molecule has 0 bridgehead atoms. The number of ketones is 2. The molecule has 0 aliphatic heterocycles. The average Bonchev–Trinajstić information content (AvgIpc) is 1.65. The standard InChI is InChI=1S/C5H7O2.Cu/c1-4(6)3-5(2)7;/h1,3H2,2H3;. The summed E-state index contributed by atoms with van der Waals surface area (Å²) in [5, 5.41) is 0.0343. The first-order chi connectivity index (χ1) is 3.66. The number of carbonyl (C=O) groups excluding carboxylic acids is 2. The van der Waals surface area contributed by atoms with Gasteiger partial charge in [-0.2, -0.15) is 0 Å². The molecule has 0 heterocycles. The van der Waals surface area contributed by atoms with Crippen LogP contribution in [0.1, 0.15) is 13.3 Å². The van der Waals surface area contributed by atoms with Crippen molar-refractivity contribution in [3.8, 4) is 0 Å². The first-order valence-corrected chi connectivity index (χ1v) is 2.85. The van der Waals surface area contributed by atoms with E-state index in [2.05, 4.69) is 16.0 Å². The molecule has 8 heavy (non-hydrogen) atoms. The van der Waals surface area contributed by atoms with E-state index in [1.165, 1.54) is 6.92 Å². The molecular weight excluding hydrogens is 156 g/mol. The fraction of sp³-hybridized carbons (Fsp3) is 0.600. The molecule has 0 aromatic carbocycles. The number of hydrogen-bond acceptors (Lipinski definition) is 2. The van der Waals surface area contributed by atoms with Crippen molar-refractivity contribution in [1.29, 1.82) is 0 Å². The topological polar surface area (TPSA) is 34.1 Å². The van der Waals surface area contributed by atoms with Crippen LogP contribution in [0.2, 0.25) is 5.32 Å². The van der Waals surface area contributed by atoms with Crippen molar-refractivity contribution >= 4 is 11.6 Å². The Morgan fingerprint density at radius 3 is 2.12 bits per heavy atom. The van der Waals surface area contributed by atoms with Gasteiger partial charge in [-0.05, 0) is 0 Å². The zero-order valence-corrected chi connectivity index (χ0v) is 5.47. The third-order valence-corrected chi connectivity index (χ3v) is 0.936. The van der Waals surface area contributed by atoms with Crippen molar-refractivity contribution in [2.24, 2.45) is 0 Å². The molecule has 0 unspecified atom stereocenters. The molecule has 0 atom stereocenters. The van der Waals surface area contributed by atoms with Gasteiger partial charge in [-0.3, -0.25) is 0 Å². The van der Waals surface area contributed by atoms with E-state index in [-0.39, 0.29) is 23.3 Å². The zero-order valence-electron chi connectivity index (χ0n) is 4.53. The molecule has 0 saturated carbocycles. The predicted molar refractivity (Wildman–Crippen MR) is 25.1 cm³/mol. The molecule has 0 amide bonds. The molecule has 0 rings (SSSR count). The minimum absolute atomic E-state index is 0.00174. The van der Waals surface area contributed by atoms with E-state index >= 15 is 0 Å². The Balaban J connectivity index is 3.40. The van der Waals surface area contributed by atoms with Gasteiger partial charge >= 0.3 is 55.8 Å². The summed E-state index contributed by atoms with van der Waals surface area (Å²) in [5.74, 6) is -0.284. The van der Waals surface area contributed by atoms with Crippen LogP contribution in [0.5, 0.6) is 0 Å². The SMILES string of the molecule is CC(=O)CC(=O)[CH2][Cu]. The van der Waals surface area contributed by atoms with Gasteiger partial charge in [0.2, 0.25) is 0 Å². The Morgan fingerprint density at radius 1 is 1.50 bits per heavy atom. The summed E-state index contributed by atoms with van der Waals surface area (Å²) in [6.45, 7) is 1.38. The summed E-state index contributed by atoms with van der Waals surface area (Å²) >= 11 is 4.52. The van der Waals surface area contributed by atoms with Crippen LogP contribution >= 0.6 is 0 Å². The quantitative estimate of drug-likeness (QED) is 0.448. The van der Waals surface area contributed by atoms with Crippen molar-refractivity contribution in [1.82, 2.24) is 0 Å². The molecule has 0 radical (unpaired) electrons. The van der Waals surface area contributed by atoms with Gasteiger partial charge in [-0.1, -0.05) is 0 Å². The maximum absolute atomic E-state index is 10.3. The summed E-state index contributed by atoms with van der Waals surface area (Å²) in [4.78, 5) is 20.4. The van der Waals surface area contributed by atoms with Crippen LogP contribution < -0.4 is 0 Å².